The van der Waals surface area contributed by atoms with Gasteiger partial charge in [0, 0.05) is 18.0 Å². The Bertz CT molecular complexity index is 585. The lowest BCUT2D eigenvalue weighted by molar-refractivity contribution is 0.146. The molecule has 20 heavy (non-hydrogen) atoms. The minimum Gasteiger partial charge on any atom is -0.496 e. The molecule has 0 aliphatic carbocycles. The number of ether oxygens (including phenoxy) is 1. The van der Waals surface area contributed by atoms with Crippen molar-refractivity contribution >= 4 is 27.3 Å². The van der Waals surface area contributed by atoms with E-state index in [2.05, 4.69) is 15.9 Å². The van der Waals surface area contributed by atoms with Crippen LogP contribution >= 0.6 is 27.3 Å². The van der Waals surface area contributed by atoms with Gasteiger partial charge in [-0.25, -0.2) is 0 Å². The summed E-state index contributed by atoms with van der Waals surface area (Å²) in [6.45, 7) is 2.37. The molecule has 1 aromatic heterocycles. The number of hydrogen-bond donors (Lipinski definition) is 2. The van der Waals surface area contributed by atoms with Gasteiger partial charge in [-0.05, 0) is 45.9 Å². The van der Waals surface area contributed by atoms with Gasteiger partial charge >= 0.3 is 0 Å². The number of halogens is 1. The Morgan fingerprint density at radius 1 is 1.40 bits per heavy atom. The van der Waals surface area contributed by atoms with Gasteiger partial charge in [0.05, 0.1) is 17.0 Å². The summed E-state index contributed by atoms with van der Waals surface area (Å²) in [6, 6.07) is 7.87. The molecule has 0 amide bonds. The summed E-state index contributed by atoms with van der Waals surface area (Å²) in [7, 11) is 1.63. The molecule has 0 saturated carbocycles. The van der Waals surface area contributed by atoms with Crippen molar-refractivity contribution in [3.8, 4) is 5.75 Å². The van der Waals surface area contributed by atoms with Crippen LogP contribution in [0.2, 0.25) is 0 Å². The van der Waals surface area contributed by atoms with Gasteiger partial charge in [-0.2, -0.15) is 0 Å². The van der Waals surface area contributed by atoms with Crippen molar-refractivity contribution in [3.05, 3.63) is 50.1 Å². The normalized spacial score (nSPS) is 14.1. The minimum absolute atomic E-state index is 0.189. The molecule has 0 fully saturated rings. The van der Waals surface area contributed by atoms with Crippen LogP contribution in [0.1, 0.15) is 28.7 Å². The predicted octanol–water partition coefficient (Wildman–Crippen LogP) is 3.60. The van der Waals surface area contributed by atoms with E-state index in [-0.39, 0.29) is 5.92 Å². The van der Waals surface area contributed by atoms with Gasteiger partial charge in [0.2, 0.25) is 0 Å². The van der Waals surface area contributed by atoms with Gasteiger partial charge < -0.3 is 15.6 Å². The van der Waals surface area contributed by atoms with Gasteiger partial charge in [-0.1, -0.05) is 17.7 Å². The maximum atomic E-state index is 10.6. The first-order valence-corrected chi connectivity index (χ1v) is 8.00. The van der Waals surface area contributed by atoms with E-state index in [0.29, 0.717) is 6.54 Å². The molecule has 0 saturated heterocycles. The van der Waals surface area contributed by atoms with Crippen LogP contribution in [0.25, 0.3) is 0 Å². The second-order valence-corrected chi connectivity index (χ2v) is 7.01. The van der Waals surface area contributed by atoms with Gasteiger partial charge in [0.25, 0.3) is 0 Å². The van der Waals surface area contributed by atoms with E-state index in [9.17, 15) is 5.11 Å². The van der Waals surface area contributed by atoms with Crippen molar-refractivity contribution in [1.29, 1.82) is 0 Å². The zero-order valence-electron chi connectivity index (χ0n) is 11.5. The zero-order valence-corrected chi connectivity index (χ0v) is 13.9. The van der Waals surface area contributed by atoms with Crippen LogP contribution in [0.3, 0.4) is 0 Å². The summed E-state index contributed by atoms with van der Waals surface area (Å²) in [6.07, 6.45) is -0.641. The Labute approximate surface area is 131 Å². The third kappa shape index (κ3) is 3.23. The molecule has 3 N–H and O–H groups in total. The number of aliphatic hydroxyl groups is 1. The quantitative estimate of drug-likeness (QED) is 0.861. The van der Waals surface area contributed by atoms with Crippen LogP contribution in [0.5, 0.6) is 5.75 Å². The summed E-state index contributed by atoms with van der Waals surface area (Å²) in [5.74, 6) is 0.575. The molecule has 2 unspecified atom stereocenters. The van der Waals surface area contributed by atoms with E-state index in [4.69, 9.17) is 10.5 Å². The molecular formula is C15H18BrNO2S. The second kappa shape index (κ2) is 6.72. The number of nitrogens with two attached hydrogens (primary N) is 1. The number of aliphatic hydroxyl groups excluding tert-OH is 1. The van der Waals surface area contributed by atoms with Crippen LogP contribution in [0.4, 0.5) is 0 Å². The third-order valence-electron chi connectivity index (χ3n) is 3.35. The molecule has 3 nitrogen and oxygen atoms in total. The molecule has 1 heterocycles. The molecule has 2 rings (SSSR count). The van der Waals surface area contributed by atoms with Crippen molar-refractivity contribution in [1.82, 2.24) is 0 Å². The Kier molecular flexibility index (Phi) is 5.21. The Morgan fingerprint density at radius 2 is 2.15 bits per heavy atom. The van der Waals surface area contributed by atoms with Crippen molar-refractivity contribution < 1.29 is 9.84 Å². The summed E-state index contributed by atoms with van der Waals surface area (Å²) in [5.41, 5.74) is 8.85. The fourth-order valence-corrected chi connectivity index (χ4v) is 3.49. The summed E-state index contributed by atoms with van der Waals surface area (Å²) < 4.78 is 6.40. The fraction of sp³-hybridized carbons (Fsp3) is 0.333. The molecule has 0 bridgehead atoms. The average Bonchev–Trinajstić information content (AvgIpc) is 2.86. The number of methoxy groups -OCH3 is 1. The van der Waals surface area contributed by atoms with Crippen molar-refractivity contribution in [2.24, 2.45) is 5.73 Å². The Morgan fingerprint density at radius 3 is 2.70 bits per heavy atom. The highest BCUT2D eigenvalue weighted by Gasteiger charge is 2.25. The largest absolute Gasteiger partial charge is 0.496 e. The van der Waals surface area contributed by atoms with Crippen LogP contribution in [0.15, 0.2) is 33.4 Å². The van der Waals surface area contributed by atoms with Crippen LogP contribution in [0, 0.1) is 6.92 Å². The summed E-state index contributed by atoms with van der Waals surface area (Å²) >= 11 is 4.97. The number of hydrogen-bond acceptors (Lipinski definition) is 4. The van der Waals surface area contributed by atoms with E-state index < -0.39 is 6.10 Å². The lowest BCUT2D eigenvalue weighted by atomic mass is 9.89. The molecule has 2 aromatic rings. The number of rotatable bonds is 5. The molecule has 108 valence electrons. The first-order valence-electron chi connectivity index (χ1n) is 6.33. The molecule has 0 aliphatic heterocycles. The smallest absolute Gasteiger partial charge is 0.122 e. The SMILES string of the molecule is COc1ccc(C)cc1C(CN)C(O)c1csc(Br)c1. The second-order valence-electron chi connectivity index (χ2n) is 4.72. The van der Waals surface area contributed by atoms with Crippen molar-refractivity contribution in [3.63, 3.8) is 0 Å². The predicted molar refractivity (Wildman–Crippen MR) is 86.5 cm³/mol. The van der Waals surface area contributed by atoms with E-state index >= 15 is 0 Å². The monoisotopic (exact) mass is 355 g/mol. The highest BCUT2D eigenvalue weighted by atomic mass is 79.9. The number of thiophene rings is 1. The average molecular weight is 356 g/mol. The molecule has 0 aliphatic rings. The third-order valence-corrected chi connectivity index (χ3v) is 4.87. The van der Waals surface area contributed by atoms with E-state index in [1.165, 1.54) is 0 Å². The summed E-state index contributed by atoms with van der Waals surface area (Å²) in [4.78, 5) is 0. The van der Waals surface area contributed by atoms with Crippen LogP contribution < -0.4 is 10.5 Å². The highest BCUT2D eigenvalue weighted by Crippen LogP contribution is 2.38. The molecule has 1 aromatic carbocycles. The van der Waals surface area contributed by atoms with Crippen molar-refractivity contribution in [2.45, 2.75) is 18.9 Å². The summed E-state index contributed by atoms with van der Waals surface area (Å²) in [5, 5.41) is 12.6. The maximum absolute atomic E-state index is 10.6. The molecule has 0 radical (unpaired) electrons. The minimum atomic E-state index is -0.641. The van der Waals surface area contributed by atoms with E-state index in [0.717, 1.165) is 26.2 Å². The maximum Gasteiger partial charge on any atom is 0.122 e. The number of benzene rings is 1. The molecule has 0 spiro atoms. The van der Waals surface area contributed by atoms with Crippen LogP contribution in [-0.2, 0) is 0 Å². The topological polar surface area (TPSA) is 55.5 Å². The molecule has 5 heteroatoms. The molecular weight excluding hydrogens is 338 g/mol. The highest BCUT2D eigenvalue weighted by molar-refractivity contribution is 9.11. The van der Waals surface area contributed by atoms with E-state index in [1.807, 2.05) is 36.6 Å². The zero-order chi connectivity index (χ0) is 14.7. The first kappa shape index (κ1) is 15.5. The van der Waals surface area contributed by atoms with E-state index in [1.54, 1.807) is 18.4 Å². The van der Waals surface area contributed by atoms with Crippen LogP contribution in [-0.4, -0.2) is 18.8 Å². The first-order chi connectivity index (χ1) is 9.56. The fourth-order valence-electron chi connectivity index (χ4n) is 2.28. The lowest BCUT2D eigenvalue weighted by Gasteiger charge is -2.23. The van der Waals surface area contributed by atoms with Crippen molar-refractivity contribution in [2.75, 3.05) is 13.7 Å². The Balaban J connectivity index is 2.39. The lowest BCUT2D eigenvalue weighted by Crippen LogP contribution is -2.20. The number of aryl methyl sites for hydroxylation is 1. The van der Waals surface area contributed by atoms with Gasteiger partial charge in [-0.3, -0.25) is 0 Å². The van der Waals surface area contributed by atoms with Gasteiger partial charge in [0.1, 0.15) is 5.75 Å². The standard InChI is InChI=1S/C15H18BrNO2S/c1-9-3-4-13(19-2)11(5-9)12(7-17)15(18)10-6-14(16)20-8-10/h3-6,8,12,15,18H,7,17H2,1-2H3. The van der Waals surface area contributed by atoms with Gasteiger partial charge in [-0.15, -0.1) is 11.3 Å². The van der Waals surface area contributed by atoms with Gasteiger partial charge in [0.15, 0.2) is 0 Å². The molecule has 2 atom stereocenters. The Hall–Kier alpha value is -0.880.